The standard InChI is InChI=1S/C24H21NO4/c1-27-21-14-16(15-22(28-2)23(21)29-3)13-19-18-11-7-8-12-20(18)25(24(19)26)17-9-5-4-6-10-17/h4-15H,1-3H3/b19-13-. The lowest BCUT2D eigenvalue weighted by Gasteiger charge is -2.17. The summed E-state index contributed by atoms with van der Waals surface area (Å²) in [7, 11) is 4.70. The van der Waals surface area contributed by atoms with E-state index >= 15 is 0 Å². The number of fused-ring (bicyclic) bond motifs is 1. The van der Waals surface area contributed by atoms with Crippen molar-refractivity contribution < 1.29 is 19.0 Å². The third kappa shape index (κ3) is 3.21. The summed E-state index contributed by atoms with van der Waals surface area (Å²) in [6.07, 6.45) is 1.86. The second kappa shape index (κ2) is 7.72. The maximum atomic E-state index is 13.4. The molecule has 5 heteroatoms. The fourth-order valence-electron chi connectivity index (χ4n) is 3.57. The van der Waals surface area contributed by atoms with Crippen molar-refractivity contribution in [3.63, 3.8) is 0 Å². The van der Waals surface area contributed by atoms with Crippen LogP contribution in [0.5, 0.6) is 17.2 Å². The van der Waals surface area contributed by atoms with Gasteiger partial charge in [0.05, 0.1) is 32.6 Å². The molecule has 29 heavy (non-hydrogen) atoms. The average Bonchev–Trinajstić information content (AvgIpc) is 3.05. The summed E-state index contributed by atoms with van der Waals surface area (Å²) in [6, 6.07) is 21.1. The Kier molecular flexibility index (Phi) is 4.96. The van der Waals surface area contributed by atoms with Gasteiger partial charge in [-0.15, -0.1) is 0 Å². The van der Waals surface area contributed by atoms with Crippen LogP contribution in [0.25, 0.3) is 11.6 Å². The molecule has 3 aromatic rings. The predicted octanol–water partition coefficient (Wildman–Crippen LogP) is 4.93. The van der Waals surface area contributed by atoms with Gasteiger partial charge in [-0.2, -0.15) is 0 Å². The van der Waals surface area contributed by atoms with Gasteiger partial charge in [0.15, 0.2) is 11.5 Å². The Balaban J connectivity index is 1.86. The highest BCUT2D eigenvalue weighted by Crippen LogP contribution is 2.43. The average molecular weight is 387 g/mol. The first-order valence-corrected chi connectivity index (χ1v) is 9.18. The Bertz CT molecular complexity index is 1060. The maximum absolute atomic E-state index is 13.4. The van der Waals surface area contributed by atoms with Crippen LogP contribution in [0.15, 0.2) is 66.7 Å². The molecule has 5 nitrogen and oxygen atoms in total. The van der Waals surface area contributed by atoms with E-state index in [1.54, 1.807) is 26.2 Å². The van der Waals surface area contributed by atoms with Crippen LogP contribution in [-0.2, 0) is 4.79 Å². The number of benzene rings is 3. The van der Waals surface area contributed by atoms with Gasteiger partial charge in [0.2, 0.25) is 5.75 Å². The highest BCUT2D eigenvalue weighted by molar-refractivity contribution is 6.38. The highest BCUT2D eigenvalue weighted by Gasteiger charge is 2.33. The van der Waals surface area contributed by atoms with Gasteiger partial charge in [0.25, 0.3) is 5.91 Å². The number of rotatable bonds is 5. The molecule has 1 aliphatic heterocycles. The first kappa shape index (κ1) is 18.6. The van der Waals surface area contributed by atoms with Crippen LogP contribution in [0.2, 0.25) is 0 Å². The molecule has 0 spiro atoms. The number of para-hydroxylation sites is 2. The molecule has 0 aromatic heterocycles. The lowest BCUT2D eigenvalue weighted by Crippen LogP contribution is -2.20. The number of methoxy groups -OCH3 is 3. The summed E-state index contributed by atoms with van der Waals surface area (Å²) in [5.41, 5.74) is 3.97. The van der Waals surface area contributed by atoms with Gasteiger partial charge in [0.1, 0.15) is 0 Å². The van der Waals surface area contributed by atoms with Gasteiger partial charge < -0.3 is 14.2 Å². The van der Waals surface area contributed by atoms with Crippen LogP contribution in [0.1, 0.15) is 11.1 Å². The Labute approximate surface area is 169 Å². The minimum Gasteiger partial charge on any atom is -0.493 e. The number of carbonyl (C=O) groups excluding carboxylic acids is 1. The number of hydrogen-bond acceptors (Lipinski definition) is 4. The summed E-state index contributed by atoms with van der Waals surface area (Å²) >= 11 is 0. The van der Waals surface area contributed by atoms with Crippen molar-refractivity contribution in [1.29, 1.82) is 0 Å². The largest absolute Gasteiger partial charge is 0.493 e. The molecule has 146 valence electrons. The Morgan fingerprint density at radius 3 is 2.03 bits per heavy atom. The molecule has 0 saturated carbocycles. The first-order valence-electron chi connectivity index (χ1n) is 9.18. The zero-order chi connectivity index (χ0) is 20.4. The molecule has 1 heterocycles. The van der Waals surface area contributed by atoms with E-state index < -0.39 is 0 Å². The van der Waals surface area contributed by atoms with E-state index in [-0.39, 0.29) is 5.91 Å². The zero-order valence-electron chi connectivity index (χ0n) is 16.5. The third-order valence-electron chi connectivity index (χ3n) is 4.88. The Morgan fingerprint density at radius 1 is 0.793 bits per heavy atom. The van der Waals surface area contributed by atoms with E-state index in [9.17, 15) is 4.79 Å². The number of carbonyl (C=O) groups is 1. The minimum absolute atomic E-state index is 0.0776. The van der Waals surface area contributed by atoms with Gasteiger partial charge in [-0.3, -0.25) is 9.69 Å². The molecule has 0 N–H and O–H groups in total. The van der Waals surface area contributed by atoms with Gasteiger partial charge >= 0.3 is 0 Å². The molecule has 4 rings (SSSR count). The number of ether oxygens (including phenoxy) is 3. The molecule has 0 saturated heterocycles. The fraction of sp³-hybridized carbons (Fsp3) is 0.125. The minimum atomic E-state index is -0.0776. The molecule has 1 amide bonds. The van der Waals surface area contributed by atoms with E-state index in [2.05, 4.69) is 0 Å². The topological polar surface area (TPSA) is 48.0 Å². The van der Waals surface area contributed by atoms with Crippen molar-refractivity contribution in [3.8, 4) is 17.2 Å². The van der Waals surface area contributed by atoms with Gasteiger partial charge in [-0.25, -0.2) is 0 Å². The molecule has 0 unspecified atom stereocenters. The smallest absolute Gasteiger partial charge is 0.263 e. The molecule has 0 fully saturated rings. The fourth-order valence-corrected chi connectivity index (χ4v) is 3.57. The Hall–Kier alpha value is -3.73. The van der Waals surface area contributed by atoms with Crippen LogP contribution in [0.4, 0.5) is 11.4 Å². The lowest BCUT2D eigenvalue weighted by molar-refractivity contribution is -0.112. The lowest BCUT2D eigenvalue weighted by atomic mass is 10.0. The van der Waals surface area contributed by atoms with Crippen molar-refractivity contribution in [1.82, 2.24) is 0 Å². The summed E-state index contributed by atoms with van der Waals surface area (Å²) in [6.45, 7) is 0. The predicted molar refractivity (Wildman–Crippen MR) is 114 cm³/mol. The summed E-state index contributed by atoms with van der Waals surface area (Å²) in [4.78, 5) is 15.1. The van der Waals surface area contributed by atoms with Crippen LogP contribution in [0.3, 0.4) is 0 Å². The molecule has 0 atom stereocenters. The van der Waals surface area contributed by atoms with Crippen LogP contribution in [-0.4, -0.2) is 27.2 Å². The van der Waals surface area contributed by atoms with Gasteiger partial charge in [-0.05, 0) is 42.0 Å². The van der Waals surface area contributed by atoms with Gasteiger partial charge in [-0.1, -0.05) is 36.4 Å². The highest BCUT2D eigenvalue weighted by atomic mass is 16.5. The van der Waals surface area contributed by atoms with Crippen LogP contribution >= 0.6 is 0 Å². The number of anilines is 2. The van der Waals surface area contributed by atoms with E-state index in [1.165, 1.54) is 0 Å². The third-order valence-corrected chi connectivity index (χ3v) is 4.88. The SMILES string of the molecule is COc1cc(/C=C2\C(=O)N(c3ccccc3)c3ccccc32)cc(OC)c1OC. The second-order valence-corrected chi connectivity index (χ2v) is 6.51. The van der Waals surface area contributed by atoms with E-state index in [4.69, 9.17) is 14.2 Å². The van der Waals surface area contributed by atoms with Crippen LogP contribution < -0.4 is 19.1 Å². The summed E-state index contributed by atoms with van der Waals surface area (Å²) < 4.78 is 16.3. The van der Waals surface area contributed by atoms with Crippen molar-refractivity contribution >= 4 is 28.9 Å². The molecule has 0 bridgehead atoms. The zero-order valence-corrected chi connectivity index (χ0v) is 16.5. The molecule has 0 radical (unpaired) electrons. The van der Waals surface area contributed by atoms with E-state index in [0.717, 1.165) is 22.5 Å². The van der Waals surface area contributed by atoms with Crippen molar-refractivity contribution in [2.24, 2.45) is 0 Å². The maximum Gasteiger partial charge on any atom is 0.263 e. The van der Waals surface area contributed by atoms with Crippen molar-refractivity contribution in [3.05, 3.63) is 77.9 Å². The Morgan fingerprint density at radius 2 is 1.41 bits per heavy atom. The van der Waals surface area contributed by atoms with Crippen molar-refractivity contribution in [2.75, 3.05) is 26.2 Å². The van der Waals surface area contributed by atoms with E-state index in [0.29, 0.717) is 22.8 Å². The normalized spacial score (nSPS) is 14.1. The molecule has 3 aromatic carbocycles. The van der Waals surface area contributed by atoms with Crippen molar-refractivity contribution in [2.45, 2.75) is 0 Å². The number of amides is 1. The molecular weight excluding hydrogens is 366 g/mol. The summed E-state index contributed by atoms with van der Waals surface area (Å²) in [5, 5.41) is 0. The van der Waals surface area contributed by atoms with Gasteiger partial charge in [0, 0.05) is 11.3 Å². The van der Waals surface area contributed by atoms with Crippen LogP contribution in [0, 0.1) is 0 Å². The molecule has 1 aliphatic rings. The number of hydrogen-bond donors (Lipinski definition) is 0. The molecule has 0 aliphatic carbocycles. The quantitative estimate of drug-likeness (QED) is 0.583. The summed E-state index contributed by atoms with van der Waals surface area (Å²) in [5.74, 6) is 1.52. The molecular formula is C24H21NO4. The first-order chi connectivity index (χ1) is 14.2. The number of nitrogens with zero attached hydrogens (tertiary/aromatic N) is 1. The monoisotopic (exact) mass is 387 g/mol. The van der Waals surface area contributed by atoms with E-state index in [1.807, 2.05) is 72.8 Å². The second-order valence-electron chi connectivity index (χ2n) is 6.51.